The summed E-state index contributed by atoms with van der Waals surface area (Å²) in [5, 5.41) is 24.7. The number of carbonyl (C=O) groups is 16. The van der Waals surface area contributed by atoms with Crippen LogP contribution < -0.4 is 65.1 Å². The van der Waals surface area contributed by atoms with Crippen molar-refractivity contribution in [2.45, 2.75) is 203 Å². The number of likely N-dealkylation sites (tertiary alicyclic amines) is 1. The molecule has 36 nitrogen and oxygen atoms in total. The van der Waals surface area contributed by atoms with E-state index in [1.165, 1.54) is 25.7 Å². The predicted octanol–water partition coefficient (Wildman–Crippen LogP) is 7.40. The van der Waals surface area contributed by atoms with Crippen molar-refractivity contribution in [1.29, 1.82) is 3.84 Å². The maximum absolute atomic E-state index is 13.5. The molecule has 3 aromatic carbocycles. The maximum atomic E-state index is 13.5. The van der Waals surface area contributed by atoms with E-state index in [-0.39, 0.29) is 194 Å². The highest BCUT2D eigenvalue weighted by atomic mass is 31.0. The number of unbranched alkanes of at least 4 members (excludes halogenated alkanes) is 2. The number of nitrogens with one attached hydrogen (secondary N) is 9. The summed E-state index contributed by atoms with van der Waals surface area (Å²) in [5.74, 6) is -6.83. The van der Waals surface area contributed by atoms with Gasteiger partial charge in [0.2, 0.25) is 41.4 Å². The van der Waals surface area contributed by atoms with Crippen LogP contribution in [0.1, 0.15) is 182 Å². The minimum absolute atomic E-state index is 0.0267. The number of Topliss-reactive ketones (excluding diaryl/α,β-unsaturated/α-hetero) is 3. The van der Waals surface area contributed by atoms with E-state index in [2.05, 4.69) is 47.9 Å². The molecule has 0 aromatic heterocycles. The zero-order valence-corrected chi connectivity index (χ0v) is 77.3. The van der Waals surface area contributed by atoms with E-state index >= 15 is 0 Å². The minimum Gasteiger partial charge on any atom is -0.461 e. The van der Waals surface area contributed by atoms with Gasteiger partial charge in [-0.05, 0) is 141 Å². The van der Waals surface area contributed by atoms with Crippen LogP contribution in [-0.2, 0) is 115 Å². The smallest absolute Gasteiger partial charge is 0.312 e. The normalized spacial score (nSPS) is 14.2. The first-order valence-corrected chi connectivity index (χ1v) is 44.8. The molecule has 0 radical (unpaired) electrons. The number of rotatable bonds is 65. The monoisotopic (exact) mass is 1830 g/mol. The standard InChI is InChI=1S/C33H55N4O10P.C32H48N5O8P.C22H35N4O5P/c1-24(2)31(37-30(40)11-14-44-16-18-46-20-19-45-17-15-43-13-5-21-48)29(39)22-27(6-4-12-35-33(34)42)32(41)36-28-9-7-26(8-10-28)23-47-25(3)38;1-20(2)29(36-27(40)9-5-4-6-15-37-28(41)17-24(19-46)31(37)43)26(39)16-23(8-7-14-34-32(33)44)30(42)35-25-12-10-22(11-13-25)18-45-21(3)38;1-14(2)20(25-13-32)19(28)11-17(5-4-10-24-22(23)30)21(29)26-18-8-6-16(7-9-18)12-31-15(3)27/h7-10,24,27,31H,4-6,11-23,48H2,1-3H3,(H,36,41)(H,37,40)(H3,34,35,42);10-13,20,23-24,29H,4-9,14-19,46H2,1-3H3,(H,35,42)(H,36,40)(H3,33,34,44);6-9,14,17,20,25H,4-5,10-13,32H2,1-3H3,(H,26,29)(H3,23,24,30)/i48D;46D;32D. The summed E-state index contributed by atoms with van der Waals surface area (Å²) < 4.78 is 58.5. The predicted molar refractivity (Wildman–Crippen MR) is 486 cm³/mol. The molecule has 1 aliphatic heterocycles. The average molecular weight is 1830 g/mol. The van der Waals surface area contributed by atoms with Gasteiger partial charge >= 0.3 is 36.0 Å². The molecule has 10 unspecified atom stereocenters. The molecule has 1 fully saturated rings. The zero-order valence-electron chi connectivity index (χ0n) is 77.3. The van der Waals surface area contributed by atoms with Crippen molar-refractivity contribution < 1.29 is 110 Å². The number of primary amides is 3. The van der Waals surface area contributed by atoms with Crippen molar-refractivity contribution in [2.24, 2.45) is 58.6 Å². The molecule has 1 heterocycles. The van der Waals surface area contributed by atoms with Crippen LogP contribution in [0.4, 0.5) is 31.4 Å². The Bertz CT molecular complexity index is 3940. The largest absolute Gasteiger partial charge is 0.461 e. The van der Waals surface area contributed by atoms with Crippen LogP contribution in [0.15, 0.2) is 72.8 Å². The first kappa shape index (κ1) is 107. The lowest BCUT2D eigenvalue weighted by Gasteiger charge is -2.24. The Morgan fingerprint density at radius 3 is 1.13 bits per heavy atom. The summed E-state index contributed by atoms with van der Waals surface area (Å²) in [6, 6.07) is 16.4. The number of hydrogen-bond acceptors (Lipinski definition) is 24. The molecule has 39 heteroatoms. The third-order valence-corrected chi connectivity index (χ3v) is 20.5. The Morgan fingerprint density at radius 2 is 0.794 bits per heavy atom. The number of urea groups is 3. The van der Waals surface area contributed by atoms with Crippen molar-refractivity contribution >= 4 is 139 Å². The molecule has 0 saturated carbocycles. The lowest BCUT2D eigenvalue weighted by atomic mass is 9.89. The van der Waals surface area contributed by atoms with Crippen LogP contribution in [0.3, 0.4) is 0 Å². The Balaban J connectivity index is 0.000000668. The lowest BCUT2D eigenvalue weighted by Crippen LogP contribution is -2.45. The summed E-state index contributed by atoms with van der Waals surface area (Å²) in [6.45, 7) is 19.8. The van der Waals surface area contributed by atoms with Gasteiger partial charge in [0.25, 0.3) is 0 Å². The van der Waals surface area contributed by atoms with Crippen molar-refractivity contribution in [1.82, 2.24) is 36.8 Å². The molecule has 0 aliphatic carbocycles. The molecular weight excluding hydrogens is 1690 g/mol. The highest BCUT2D eigenvalue weighted by molar-refractivity contribution is 7.16. The van der Waals surface area contributed by atoms with Gasteiger partial charge in [0, 0.05) is 133 Å². The molecule has 10 atom stereocenters. The van der Waals surface area contributed by atoms with E-state index in [0.717, 1.165) is 29.3 Å². The van der Waals surface area contributed by atoms with Crippen molar-refractivity contribution in [3.05, 3.63) is 89.5 Å². The number of esters is 3. The number of ketones is 3. The van der Waals surface area contributed by atoms with Crippen LogP contribution in [0.2, 0.25) is 0 Å². The highest BCUT2D eigenvalue weighted by Crippen LogP contribution is 2.26. The topological polar surface area (TPSA) is 527 Å². The number of ether oxygens (including phenoxy) is 7. The number of nitrogens with zero attached hydrogens (tertiary/aromatic N) is 1. The van der Waals surface area contributed by atoms with E-state index in [9.17, 15) is 76.7 Å². The van der Waals surface area contributed by atoms with Gasteiger partial charge in [-0.2, -0.15) is 0 Å². The van der Waals surface area contributed by atoms with Crippen LogP contribution in [0, 0.1) is 41.4 Å². The molecular formula is C87H138N13O23P3. The first-order valence-electron chi connectivity index (χ1n) is 44.2. The summed E-state index contributed by atoms with van der Waals surface area (Å²) >= 11 is 0. The van der Waals surface area contributed by atoms with Gasteiger partial charge in [-0.3, -0.25) is 67.2 Å². The summed E-state index contributed by atoms with van der Waals surface area (Å²) in [7, 11) is 0.00835. The lowest BCUT2D eigenvalue weighted by molar-refractivity contribution is -0.143. The number of hydrogen-bond donors (Lipinski definition) is 12. The molecule has 4 rings (SSSR count). The molecule has 15 N–H and O–H groups in total. The second-order valence-corrected chi connectivity index (χ2v) is 32.3. The van der Waals surface area contributed by atoms with Gasteiger partial charge in [-0.15, -0.1) is 27.6 Å². The quantitative estimate of drug-likeness (QED) is 0.00860. The Hall–Kier alpha value is -9.53. The number of amides is 13. The van der Waals surface area contributed by atoms with Gasteiger partial charge < -0.3 is 98.2 Å². The first-order chi connectivity index (χ1) is 61.5. The Morgan fingerprint density at radius 1 is 0.437 bits per heavy atom. The minimum atomic E-state index is -0.809. The van der Waals surface area contributed by atoms with E-state index in [4.69, 9.17) is 54.2 Å². The number of imide groups is 1. The van der Waals surface area contributed by atoms with Gasteiger partial charge in [-0.25, -0.2) is 14.4 Å². The van der Waals surface area contributed by atoms with E-state index < -0.39 is 71.8 Å². The Labute approximate surface area is 751 Å². The fourth-order valence-electron chi connectivity index (χ4n) is 12.6. The van der Waals surface area contributed by atoms with Crippen LogP contribution in [0.5, 0.6) is 0 Å². The van der Waals surface area contributed by atoms with Gasteiger partial charge in [0.05, 0.1) is 74.1 Å². The highest BCUT2D eigenvalue weighted by Gasteiger charge is 2.37. The van der Waals surface area contributed by atoms with Gasteiger partial charge in [-0.1, -0.05) is 84.4 Å². The van der Waals surface area contributed by atoms with Gasteiger partial charge in [0.15, 0.2) is 17.3 Å². The van der Waals surface area contributed by atoms with Crippen molar-refractivity contribution in [3.8, 4) is 0 Å². The molecule has 1 saturated heterocycles. The maximum Gasteiger partial charge on any atom is 0.312 e. The van der Waals surface area contributed by atoms with E-state index in [1.807, 2.05) is 41.5 Å². The molecule has 126 heavy (non-hydrogen) atoms. The molecule has 1 aliphatic rings. The number of carbonyl (C=O) groups excluding carboxylic acids is 16. The third-order valence-electron chi connectivity index (χ3n) is 19.5. The fraction of sp³-hybridized carbons (Fsp3) is 0.609. The number of anilines is 3. The zero-order chi connectivity index (χ0) is 96.0. The summed E-state index contributed by atoms with van der Waals surface area (Å²) in [4.78, 5) is 197. The fourth-order valence-corrected chi connectivity index (χ4v) is 13.3. The molecule has 13 amide bonds. The third kappa shape index (κ3) is 51.3. The average Bonchev–Trinajstić information content (AvgIpc) is 1.80. The Kier molecular flexibility index (Phi) is 56.0. The number of benzene rings is 3. The molecule has 0 bridgehead atoms. The second kappa shape index (κ2) is 65.9. The SMILES string of the molecule is [2H]PCC1CC(=O)N(CCCCCC(=O)NC(C(=O)CC(CCCNC(N)=O)C(=O)Nc2ccc(COC(C)=O)cc2)C(C)C)C1=O.[2H]PCCCOCCOCCOCCOCCC(=O)NC(C(=O)CC(CCCNC(N)=O)C(=O)Nc1ccc(COC(C)=O)cc1)C(C)C.[2H]PCNC(C(=O)CC(CCCNC(N)=O)C(=O)Nc1ccc(COC(C)=O)cc1)C(C)C. The van der Waals surface area contributed by atoms with Crippen LogP contribution in [-0.4, -0.2) is 219 Å². The molecule has 704 valence electrons. The second-order valence-electron chi connectivity index (χ2n) is 31.1. The van der Waals surface area contributed by atoms with Crippen LogP contribution >= 0.6 is 27.6 Å². The van der Waals surface area contributed by atoms with Crippen molar-refractivity contribution in [3.63, 3.8) is 0 Å². The summed E-state index contributed by atoms with van der Waals surface area (Å²) in [5.41, 5.74) is 19.2. The summed E-state index contributed by atoms with van der Waals surface area (Å²) in [6.07, 6.45) is 6.72. The van der Waals surface area contributed by atoms with E-state index in [0.29, 0.717) is 140 Å². The number of nitrogens with two attached hydrogens (primary N) is 3. The van der Waals surface area contributed by atoms with Gasteiger partial charge in [0.1, 0.15) is 19.8 Å². The van der Waals surface area contributed by atoms with Crippen LogP contribution in [0.25, 0.3) is 0 Å². The molecule has 3 aromatic rings. The van der Waals surface area contributed by atoms with Crippen molar-refractivity contribution in [2.75, 3.05) is 114 Å². The van der Waals surface area contributed by atoms with E-state index in [1.54, 1.807) is 72.8 Å². The molecule has 0 spiro atoms.